The fraction of sp³-hybridized carbons (Fsp3) is 0.577. The molecule has 2 amide bonds. The standard InChI is InChI=1S/C26H37N5O6S2/c1-26(2,3)31-39(34,35)22-13-17(30-25(33)36-15-18-5-4-12-28-18)8-11-20(22)21-14-29-23(38-21)16-6-9-19(10-7-16)37-24(27)32/h8,11,13-14,16,18-19,28,31H,4-7,9-10,12,15H2,1-3H3,(H2,27,32)(H,30,33)/t16?,18-,19?/m1/s1. The number of aromatic nitrogens is 1. The fourth-order valence-corrected chi connectivity index (χ4v) is 7.76. The van der Waals surface area contributed by atoms with E-state index in [0.29, 0.717) is 29.0 Å². The van der Waals surface area contributed by atoms with Gasteiger partial charge in [-0.05, 0) is 78.0 Å². The number of hydrogen-bond donors (Lipinski definition) is 4. The third-order valence-corrected chi connectivity index (χ3v) is 9.62. The fourth-order valence-electron chi connectivity index (χ4n) is 4.91. The van der Waals surface area contributed by atoms with Crippen LogP contribution in [0.4, 0.5) is 15.3 Å². The van der Waals surface area contributed by atoms with Gasteiger partial charge >= 0.3 is 12.2 Å². The summed E-state index contributed by atoms with van der Waals surface area (Å²) in [5.41, 5.74) is 5.24. The van der Waals surface area contributed by atoms with Crippen LogP contribution in [-0.4, -0.2) is 56.4 Å². The van der Waals surface area contributed by atoms with Gasteiger partial charge in [0, 0.05) is 34.9 Å². The van der Waals surface area contributed by atoms with E-state index in [4.69, 9.17) is 15.2 Å². The molecule has 2 heterocycles. The Bertz CT molecular complexity index is 1280. The summed E-state index contributed by atoms with van der Waals surface area (Å²) in [6.45, 7) is 6.46. The molecule has 1 saturated heterocycles. The van der Waals surface area contributed by atoms with Crippen LogP contribution >= 0.6 is 11.3 Å². The lowest BCUT2D eigenvalue weighted by atomic mass is 9.88. The number of ether oxygens (including phenoxy) is 2. The molecule has 0 radical (unpaired) electrons. The lowest BCUT2D eigenvalue weighted by molar-refractivity contribution is 0.0787. The second-order valence-corrected chi connectivity index (χ2v) is 13.8. The topological polar surface area (TPSA) is 162 Å². The Hall–Kier alpha value is -2.74. The maximum atomic E-state index is 13.5. The Morgan fingerprint density at radius 2 is 1.92 bits per heavy atom. The van der Waals surface area contributed by atoms with Crippen molar-refractivity contribution in [2.45, 2.75) is 87.8 Å². The van der Waals surface area contributed by atoms with Crippen molar-refractivity contribution in [3.63, 3.8) is 0 Å². The quantitative estimate of drug-likeness (QED) is 0.360. The van der Waals surface area contributed by atoms with Crippen molar-refractivity contribution in [1.82, 2.24) is 15.0 Å². The Morgan fingerprint density at radius 1 is 1.18 bits per heavy atom. The highest BCUT2D eigenvalue weighted by molar-refractivity contribution is 7.89. The first-order valence-corrected chi connectivity index (χ1v) is 15.5. The summed E-state index contributed by atoms with van der Waals surface area (Å²) < 4.78 is 40.1. The Morgan fingerprint density at radius 3 is 2.56 bits per heavy atom. The van der Waals surface area contributed by atoms with Gasteiger partial charge in [0.2, 0.25) is 10.0 Å². The zero-order chi connectivity index (χ0) is 28.2. The van der Waals surface area contributed by atoms with Crippen LogP contribution in [0, 0.1) is 0 Å². The van der Waals surface area contributed by atoms with E-state index in [9.17, 15) is 18.0 Å². The van der Waals surface area contributed by atoms with Crippen molar-refractivity contribution < 1.29 is 27.5 Å². The molecule has 2 fully saturated rings. The van der Waals surface area contributed by atoms with Crippen molar-refractivity contribution in [3.05, 3.63) is 29.4 Å². The van der Waals surface area contributed by atoms with Gasteiger partial charge in [0.1, 0.15) is 12.7 Å². The number of amides is 2. The van der Waals surface area contributed by atoms with Gasteiger partial charge in [0.15, 0.2) is 0 Å². The molecule has 1 aliphatic carbocycles. The minimum Gasteiger partial charge on any atom is -0.448 e. The van der Waals surface area contributed by atoms with Gasteiger partial charge in [-0.25, -0.2) is 27.7 Å². The summed E-state index contributed by atoms with van der Waals surface area (Å²) in [6, 6.07) is 4.92. The van der Waals surface area contributed by atoms with E-state index in [1.54, 1.807) is 39.1 Å². The molecule has 13 heteroatoms. The molecule has 0 unspecified atom stereocenters. The largest absolute Gasteiger partial charge is 0.448 e. The van der Waals surface area contributed by atoms with E-state index in [1.165, 1.54) is 17.4 Å². The molecule has 1 aromatic heterocycles. The maximum absolute atomic E-state index is 13.5. The molecule has 0 spiro atoms. The molecule has 214 valence electrons. The molecular formula is C26H37N5O6S2. The van der Waals surface area contributed by atoms with Crippen LogP contribution in [-0.2, 0) is 19.5 Å². The highest BCUT2D eigenvalue weighted by atomic mass is 32.2. The predicted molar refractivity (Wildman–Crippen MR) is 149 cm³/mol. The van der Waals surface area contributed by atoms with Crippen LogP contribution in [0.3, 0.4) is 0 Å². The number of anilines is 1. The molecule has 1 aliphatic heterocycles. The van der Waals surface area contributed by atoms with Crippen molar-refractivity contribution in [2.75, 3.05) is 18.5 Å². The number of rotatable bonds is 8. The number of carbonyl (C=O) groups excluding carboxylic acids is 2. The van der Waals surface area contributed by atoms with Crippen LogP contribution in [0.5, 0.6) is 0 Å². The number of nitrogens with one attached hydrogen (secondary N) is 3. The monoisotopic (exact) mass is 579 g/mol. The zero-order valence-electron chi connectivity index (χ0n) is 22.5. The lowest BCUT2D eigenvalue weighted by Gasteiger charge is -2.26. The van der Waals surface area contributed by atoms with E-state index in [0.717, 1.165) is 37.2 Å². The van der Waals surface area contributed by atoms with Crippen LogP contribution in [0.15, 0.2) is 29.3 Å². The van der Waals surface area contributed by atoms with Gasteiger partial charge < -0.3 is 20.5 Å². The predicted octanol–water partition coefficient (Wildman–Crippen LogP) is 4.31. The molecule has 5 N–H and O–H groups in total. The number of thiazole rings is 1. The van der Waals surface area contributed by atoms with Gasteiger partial charge in [-0.15, -0.1) is 11.3 Å². The summed E-state index contributed by atoms with van der Waals surface area (Å²) in [4.78, 5) is 28.8. The van der Waals surface area contributed by atoms with E-state index >= 15 is 0 Å². The van der Waals surface area contributed by atoms with Gasteiger partial charge in [-0.2, -0.15) is 0 Å². The average molecular weight is 580 g/mol. The third-order valence-electron chi connectivity index (χ3n) is 6.63. The average Bonchev–Trinajstić information content (AvgIpc) is 3.54. The lowest BCUT2D eigenvalue weighted by Crippen LogP contribution is -2.40. The third kappa shape index (κ3) is 8.13. The smallest absolute Gasteiger partial charge is 0.411 e. The van der Waals surface area contributed by atoms with Crippen LogP contribution in [0.25, 0.3) is 10.4 Å². The maximum Gasteiger partial charge on any atom is 0.411 e. The van der Waals surface area contributed by atoms with E-state index in [1.807, 2.05) is 0 Å². The molecule has 1 saturated carbocycles. The zero-order valence-corrected chi connectivity index (χ0v) is 24.1. The number of carbonyl (C=O) groups is 2. The van der Waals surface area contributed by atoms with Gasteiger partial charge in [-0.1, -0.05) is 6.07 Å². The van der Waals surface area contributed by atoms with Crippen LogP contribution < -0.4 is 21.1 Å². The number of nitrogens with zero attached hydrogens (tertiary/aromatic N) is 1. The Labute approximate surface area is 233 Å². The number of benzene rings is 1. The SMILES string of the molecule is CC(C)(C)NS(=O)(=O)c1cc(NC(=O)OC[C@H]2CCCN2)ccc1-c1cnc(C2CCC(OC(N)=O)CC2)s1. The van der Waals surface area contributed by atoms with Crippen molar-refractivity contribution >= 4 is 39.2 Å². The van der Waals surface area contributed by atoms with E-state index in [-0.39, 0.29) is 29.6 Å². The minimum absolute atomic E-state index is 0.0430. The summed E-state index contributed by atoms with van der Waals surface area (Å²) >= 11 is 1.44. The highest BCUT2D eigenvalue weighted by Crippen LogP contribution is 2.40. The molecule has 2 aliphatic rings. The summed E-state index contributed by atoms with van der Waals surface area (Å²) in [7, 11) is -3.95. The van der Waals surface area contributed by atoms with Gasteiger partial charge in [-0.3, -0.25) is 5.32 Å². The van der Waals surface area contributed by atoms with Gasteiger partial charge in [0.25, 0.3) is 0 Å². The number of primary amides is 1. The number of hydrogen-bond acceptors (Lipinski definition) is 9. The molecule has 39 heavy (non-hydrogen) atoms. The van der Waals surface area contributed by atoms with Crippen molar-refractivity contribution in [3.8, 4) is 10.4 Å². The second-order valence-electron chi connectivity index (χ2n) is 11.1. The highest BCUT2D eigenvalue weighted by Gasteiger charge is 2.29. The van der Waals surface area contributed by atoms with Crippen LogP contribution in [0.2, 0.25) is 0 Å². The molecular weight excluding hydrogens is 542 g/mol. The molecule has 1 aromatic carbocycles. The summed E-state index contributed by atoms with van der Waals surface area (Å²) in [5, 5.41) is 6.83. The first-order chi connectivity index (χ1) is 18.4. The first-order valence-electron chi connectivity index (χ1n) is 13.2. The normalized spacial score (nSPS) is 21.9. The molecule has 2 aromatic rings. The van der Waals surface area contributed by atoms with E-state index < -0.39 is 27.7 Å². The van der Waals surface area contributed by atoms with Crippen molar-refractivity contribution in [1.29, 1.82) is 0 Å². The molecule has 0 bridgehead atoms. The minimum atomic E-state index is -3.95. The van der Waals surface area contributed by atoms with Crippen LogP contribution in [0.1, 0.15) is 70.2 Å². The molecule has 1 atom stereocenters. The molecule has 4 rings (SSSR count). The summed E-state index contributed by atoms with van der Waals surface area (Å²) in [6.07, 6.45) is 5.09. The van der Waals surface area contributed by atoms with Crippen molar-refractivity contribution in [2.24, 2.45) is 5.73 Å². The summed E-state index contributed by atoms with van der Waals surface area (Å²) in [5.74, 6) is 0.189. The Balaban J connectivity index is 1.54. The second kappa shape index (κ2) is 12.2. The number of sulfonamides is 1. The Kier molecular flexibility index (Phi) is 9.14. The van der Waals surface area contributed by atoms with Gasteiger partial charge in [0.05, 0.1) is 14.8 Å². The number of nitrogens with two attached hydrogens (primary N) is 1. The molecule has 11 nitrogen and oxygen atoms in total. The first kappa shape index (κ1) is 29.2. The van der Waals surface area contributed by atoms with E-state index in [2.05, 4.69) is 20.3 Å².